The zero-order chi connectivity index (χ0) is 24.5. The van der Waals surface area contributed by atoms with Crippen LogP contribution in [0, 0.1) is 0 Å². The Hall–Kier alpha value is -2.38. The number of carbonyl (C=O) groups is 1. The SMILES string of the molecule is CS(=O)(=O)c1cccc(C(=O)N(CCN2CCOCC2)c2nc3ccc(S(C)(=O)=O)cc3s2)c1. The molecule has 0 aliphatic carbocycles. The summed E-state index contributed by atoms with van der Waals surface area (Å²) in [5.74, 6) is -0.374. The van der Waals surface area contributed by atoms with Crippen LogP contribution in [-0.4, -0.2) is 84.5 Å². The summed E-state index contributed by atoms with van der Waals surface area (Å²) in [5.41, 5.74) is 0.822. The van der Waals surface area contributed by atoms with E-state index < -0.39 is 19.7 Å². The third kappa shape index (κ3) is 5.63. The molecule has 0 bridgehead atoms. The summed E-state index contributed by atoms with van der Waals surface area (Å²) in [5, 5.41) is 0.420. The molecule has 1 aliphatic rings. The van der Waals surface area contributed by atoms with Crippen LogP contribution in [0.1, 0.15) is 10.4 Å². The van der Waals surface area contributed by atoms with E-state index in [2.05, 4.69) is 9.88 Å². The van der Waals surface area contributed by atoms with Gasteiger partial charge in [0.15, 0.2) is 24.8 Å². The summed E-state index contributed by atoms with van der Waals surface area (Å²) in [6.07, 6.45) is 2.24. The van der Waals surface area contributed by atoms with E-state index in [1.165, 1.54) is 34.4 Å². The number of anilines is 1. The van der Waals surface area contributed by atoms with Crippen LogP contribution in [-0.2, 0) is 24.4 Å². The Morgan fingerprint density at radius 1 is 1.03 bits per heavy atom. The Morgan fingerprint density at radius 2 is 1.71 bits per heavy atom. The van der Waals surface area contributed by atoms with Gasteiger partial charge in [0.1, 0.15) is 0 Å². The van der Waals surface area contributed by atoms with Gasteiger partial charge >= 0.3 is 0 Å². The molecule has 1 aromatic heterocycles. The van der Waals surface area contributed by atoms with Crippen molar-refractivity contribution < 1.29 is 26.4 Å². The van der Waals surface area contributed by atoms with E-state index in [4.69, 9.17) is 4.74 Å². The van der Waals surface area contributed by atoms with Gasteiger partial charge in [-0.05, 0) is 36.4 Å². The summed E-state index contributed by atoms with van der Waals surface area (Å²) >= 11 is 1.22. The molecule has 0 N–H and O–H groups in total. The van der Waals surface area contributed by atoms with Gasteiger partial charge in [-0.1, -0.05) is 17.4 Å². The Balaban J connectivity index is 1.71. The van der Waals surface area contributed by atoms with Crippen LogP contribution in [0.4, 0.5) is 5.13 Å². The number of sulfone groups is 2. The predicted octanol–water partition coefficient (Wildman–Crippen LogP) is 2.08. The third-order valence-corrected chi connectivity index (χ3v) is 8.77. The molecule has 2 heterocycles. The van der Waals surface area contributed by atoms with Gasteiger partial charge in [0, 0.05) is 44.3 Å². The maximum absolute atomic E-state index is 13.6. The van der Waals surface area contributed by atoms with E-state index in [0.717, 1.165) is 25.6 Å². The van der Waals surface area contributed by atoms with Crippen LogP contribution < -0.4 is 4.90 Å². The molecule has 0 atom stereocenters. The third-order valence-electron chi connectivity index (χ3n) is 5.51. The van der Waals surface area contributed by atoms with Gasteiger partial charge in [0.2, 0.25) is 0 Å². The van der Waals surface area contributed by atoms with Crippen molar-refractivity contribution in [2.45, 2.75) is 9.79 Å². The highest BCUT2D eigenvalue weighted by atomic mass is 32.2. The molecule has 34 heavy (non-hydrogen) atoms. The number of amides is 1. The summed E-state index contributed by atoms with van der Waals surface area (Å²) < 4.78 is 54.0. The number of aromatic nitrogens is 1. The fourth-order valence-electron chi connectivity index (χ4n) is 3.60. The minimum absolute atomic E-state index is 0.0635. The number of hydrogen-bond donors (Lipinski definition) is 0. The number of rotatable bonds is 7. The molecule has 0 saturated carbocycles. The molecule has 182 valence electrons. The van der Waals surface area contributed by atoms with E-state index in [9.17, 15) is 21.6 Å². The number of benzene rings is 2. The first-order valence-electron chi connectivity index (χ1n) is 10.5. The lowest BCUT2D eigenvalue weighted by atomic mass is 10.2. The fourth-order valence-corrected chi connectivity index (χ4v) is 6.02. The molecule has 1 aliphatic heterocycles. The number of thiazole rings is 1. The van der Waals surface area contributed by atoms with Gasteiger partial charge < -0.3 is 4.74 Å². The molecule has 1 saturated heterocycles. The van der Waals surface area contributed by atoms with Crippen molar-refractivity contribution in [1.82, 2.24) is 9.88 Å². The van der Waals surface area contributed by atoms with Crippen molar-refractivity contribution in [2.75, 3.05) is 56.8 Å². The number of hydrogen-bond acceptors (Lipinski definition) is 9. The second-order valence-electron chi connectivity index (χ2n) is 8.11. The van der Waals surface area contributed by atoms with Gasteiger partial charge in [0.25, 0.3) is 5.91 Å². The second-order valence-corrected chi connectivity index (χ2v) is 13.1. The van der Waals surface area contributed by atoms with Gasteiger partial charge in [-0.15, -0.1) is 0 Å². The van der Waals surface area contributed by atoms with Crippen LogP contribution in [0.2, 0.25) is 0 Å². The van der Waals surface area contributed by atoms with Crippen molar-refractivity contribution in [3.05, 3.63) is 48.0 Å². The van der Waals surface area contributed by atoms with Crippen LogP contribution >= 0.6 is 11.3 Å². The average Bonchev–Trinajstić information content (AvgIpc) is 3.22. The lowest BCUT2D eigenvalue weighted by molar-refractivity contribution is 0.0391. The summed E-state index contributed by atoms with van der Waals surface area (Å²) in [6.45, 7) is 3.68. The van der Waals surface area contributed by atoms with Crippen LogP contribution in [0.25, 0.3) is 10.2 Å². The number of carbonyl (C=O) groups excluding carboxylic acids is 1. The zero-order valence-corrected chi connectivity index (χ0v) is 21.2. The van der Waals surface area contributed by atoms with Crippen molar-refractivity contribution in [3.63, 3.8) is 0 Å². The number of nitrogens with zero attached hydrogens (tertiary/aromatic N) is 3. The molecule has 1 amide bonds. The standard InChI is InChI=1S/C22H25N3O6S3/c1-33(27,28)17-5-3-4-16(14-17)21(26)25(9-8-24-10-12-31-13-11-24)22-23-19-7-6-18(34(2,29)30)15-20(19)32-22/h3-7,14-15H,8-13H2,1-2H3. The topological polar surface area (TPSA) is 114 Å². The molecular weight excluding hydrogens is 498 g/mol. The van der Waals surface area contributed by atoms with E-state index in [-0.39, 0.29) is 21.3 Å². The first-order chi connectivity index (χ1) is 16.0. The van der Waals surface area contributed by atoms with Crippen molar-refractivity contribution >= 4 is 52.3 Å². The van der Waals surface area contributed by atoms with Crippen LogP contribution in [0.5, 0.6) is 0 Å². The van der Waals surface area contributed by atoms with Gasteiger partial charge in [-0.25, -0.2) is 21.8 Å². The van der Waals surface area contributed by atoms with Crippen LogP contribution in [0.15, 0.2) is 52.3 Å². The smallest absolute Gasteiger partial charge is 0.260 e. The van der Waals surface area contributed by atoms with E-state index in [1.54, 1.807) is 24.3 Å². The summed E-state index contributed by atoms with van der Waals surface area (Å²) in [7, 11) is -6.87. The average molecular weight is 524 g/mol. The highest BCUT2D eigenvalue weighted by molar-refractivity contribution is 7.91. The lowest BCUT2D eigenvalue weighted by Gasteiger charge is -2.29. The minimum atomic E-state index is -3.48. The minimum Gasteiger partial charge on any atom is -0.379 e. The number of ether oxygens (including phenoxy) is 1. The molecule has 0 spiro atoms. The zero-order valence-electron chi connectivity index (χ0n) is 18.8. The van der Waals surface area contributed by atoms with Crippen molar-refractivity contribution in [3.8, 4) is 0 Å². The molecular formula is C22H25N3O6S3. The highest BCUT2D eigenvalue weighted by Crippen LogP contribution is 2.31. The number of fused-ring (bicyclic) bond motifs is 1. The first-order valence-corrected chi connectivity index (χ1v) is 15.1. The fraction of sp³-hybridized carbons (Fsp3) is 0.364. The van der Waals surface area contributed by atoms with E-state index >= 15 is 0 Å². The van der Waals surface area contributed by atoms with Crippen molar-refractivity contribution in [2.24, 2.45) is 0 Å². The molecule has 0 unspecified atom stereocenters. The Labute approximate surface area is 202 Å². The lowest BCUT2D eigenvalue weighted by Crippen LogP contribution is -2.43. The molecule has 3 aromatic rings. The molecule has 1 fully saturated rings. The largest absolute Gasteiger partial charge is 0.379 e. The van der Waals surface area contributed by atoms with Gasteiger partial charge in [0.05, 0.1) is 33.2 Å². The Kier molecular flexibility index (Phi) is 7.06. The molecule has 0 radical (unpaired) electrons. The van der Waals surface area contributed by atoms with E-state index in [0.29, 0.717) is 41.7 Å². The number of morpholine rings is 1. The maximum atomic E-state index is 13.6. The molecule has 2 aromatic carbocycles. The van der Waals surface area contributed by atoms with Gasteiger partial charge in [-0.3, -0.25) is 14.6 Å². The van der Waals surface area contributed by atoms with Crippen molar-refractivity contribution in [1.29, 1.82) is 0 Å². The molecule has 9 nitrogen and oxygen atoms in total. The Bertz CT molecular complexity index is 1430. The van der Waals surface area contributed by atoms with Crippen LogP contribution in [0.3, 0.4) is 0 Å². The first kappa shape index (κ1) is 24.7. The summed E-state index contributed by atoms with van der Waals surface area (Å²) in [6, 6.07) is 10.6. The Morgan fingerprint density at radius 3 is 2.38 bits per heavy atom. The maximum Gasteiger partial charge on any atom is 0.260 e. The normalized spacial score (nSPS) is 15.5. The van der Waals surface area contributed by atoms with Gasteiger partial charge in [-0.2, -0.15) is 0 Å². The second kappa shape index (κ2) is 9.70. The quantitative estimate of drug-likeness (QED) is 0.463. The molecule has 12 heteroatoms. The summed E-state index contributed by atoms with van der Waals surface area (Å²) in [4.78, 5) is 22.1. The predicted molar refractivity (Wildman–Crippen MR) is 131 cm³/mol. The monoisotopic (exact) mass is 523 g/mol. The molecule has 4 rings (SSSR count). The highest BCUT2D eigenvalue weighted by Gasteiger charge is 2.24. The van der Waals surface area contributed by atoms with E-state index in [1.807, 2.05) is 0 Å².